The third kappa shape index (κ3) is 5.30. The van der Waals surface area contributed by atoms with E-state index in [1.54, 1.807) is 30.3 Å². The second-order valence-corrected chi connectivity index (χ2v) is 8.40. The summed E-state index contributed by atoms with van der Waals surface area (Å²) in [5.74, 6) is -0.961. The highest BCUT2D eigenvalue weighted by molar-refractivity contribution is 6.04. The second-order valence-electron chi connectivity index (χ2n) is 8.40. The molecule has 0 aliphatic carbocycles. The fraction of sp³-hybridized carbons (Fsp3) is 0.192. The van der Waals surface area contributed by atoms with Crippen LogP contribution in [-0.4, -0.2) is 49.0 Å². The van der Waals surface area contributed by atoms with E-state index in [1.165, 1.54) is 24.3 Å². The first-order valence-corrected chi connectivity index (χ1v) is 11.0. The van der Waals surface area contributed by atoms with Crippen LogP contribution in [0.15, 0.2) is 71.7 Å². The van der Waals surface area contributed by atoms with Gasteiger partial charge in [-0.25, -0.2) is 14.2 Å². The summed E-state index contributed by atoms with van der Waals surface area (Å²) >= 11 is 0. The number of halogens is 1. The minimum Gasteiger partial charge on any atom is -0.478 e. The Morgan fingerprint density at radius 2 is 1.69 bits per heavy atom. The van der Waals surface area contributed by atoms with Crippen LogP contribution in [-0.2, 0) is 6.54 Å². The average molecular weight is 476 g/mol. The number of nitrogens with one attached hydrogen (secondary N) is 2. The predicted octanol–water partition coefficient (Wildman–Crippen LogP) is 3.93. The van der Waals surface area contributed by atoms with Gasteiger partial charge in [-0.2, -0.15) is 0 Å². The molecule has 0 saturated heterocycles. The molecule has 1 atom stereocenters. The fourth-order valence-electron chi connectivity index (χ4n) is 3.89. The first-order chi connectivity index (χ1) is 16.7. The van der Waals surface area contributed by atoms with E-state index in [-0.39, 0.29) is 11.5 Å². The summed E-state index contributed by atoms with van der Waals surface area (Å²) in [6.45, 7) is 0.474. The van der Waals surface area contributed by atoms with Gasteiger partial charge < -0.3 is 20.2 Å². The largest absolute Gasteiger partial charge is 0.478 e. The van der Waals surface area contributed by atoms with Crippen LogP contribution < -0.4 is 15.5 Å². The summed E-state index contributed by atoms with van der Waals surface area (Å²) in [4.78, 5) is 32.5. The van der Waals surface area contributed by atoms with Gasteiger partial charge in [-0.3, -0.25) is 10.1 Å². The number of hydrogen-bond donors (Lipinski definition) is 3. The molecule has 4 rings (SSSR count). The second kappa shape index (κ2) is 9.94. The van der Waals surface area contributed by atoms with Crippen LogP contribution in [0.4, 0.5) is 15.8 Å². The number of nitrogens with zero attached hydrogens (tertiary/aromatic N) is 3. The van der Waals surface area contributed by atoms with E-state index in [4.69, 9.17) is 4.99 Å². The molecule has 1 unspecified atom stereocenters. The molecule has 1 amide bonds. The van der Waals surface area contributed by atoms with Crippen LogP contribution >= 0.6 is 0 Å². The number of carbonyl (C=O) groups excluding carboxylic acids is 1. The lowest BCUT2D eigenvalue weighted by atomic mass is 10.0. The van der Waals surface area contributed by atoms with Crippen molar-refractivity contribution in [2.24, 2.45) is 4.99 Å². The maximum absolute atomic E-state index is 13.1. The highest BCUT2D eigenvalue weighted by Crippen LogP contribution is 2.33. The van der Waals surface area contributed by atoms with Crippen molar-refractivity contribution in [3.63, 3.8) is 0 Å². The lowest BCUT2D eigenvalue weighted by Crippen LogP contribution is -2.43. The smallest absolute Gasteiger partial charge is 0.335 e. The SMILES string of the molecule is CN(C)C1=NC(NCc2ccc(NC(=O)c3ccc(F)cc3)cc2)c2cc(C(=O)O)ccc2N1C. The Bertz CT molecular complexity index is 1270. The van der Waals surface area contributed by atoms with Crippen LogP contribution in [0.2, 0.25) is 0 Å². The number of guanidine groups is 1. The molecule has 0 bridgehead atoms. The zero-order chi connectivity index (χ0) is 25.1. The molecular formula is C26H26FN5O3. The molecule has 8 nitrogen and oxygen atoms in total. The van der Waals surface area contributed by atoms with Crippen LogP contribution in [0, 0.1) is 5.82 Å². The molecule has 1 aliphatic heterocycles. The molecule has 1 heterocycles. The molecule has 3 aromatic carbocycles. The molecule has 1 aliphatic rings. The topological polar surface area (TPSA) is 97.3 Å². The van der Waals surface area contributed by atoms with E-state index in [1.807, 2.05) is 43.1 Å². The molecule has 0 spiro atoms. The first kappa shape index (κ1) is 23.9. The van der Waals surface area contributed by atoms with E-state index in [0.717, 1.165) is 22.8 Å². The van der Waals surface area contributed by atoms with Crippen molar-refractivity contribution in [3.05, 3.63) is 94.8 Å². The standard InChI is InChI=1S/C26H26FN5O3/c1-31(2)26-30-23(21-14-18(25(34)35)8-13-22(21)32(26)3)28-15-16-4-11-20(12-5-16)29-24(33)17-6-9-19(27)10-7-17/h4-14,23,28H,15H2,1-3H3,(H,29,33)(H,34,35). The van der Waals surface area contributed by atoms with E-state index in [2.05, 4.69) is 10.6 Å². The number of aromatic carboxylic acids is 1. The Balaban J connectivity index is 1.48. The maximum Gasteiger partial charge on any atom is 0.335 e. The molecule has 180 valence electrons. The molecule has 9 heteroatoms. The minimum absolute atomic E-state index is 0.203. The van der Waals surface area contributed by atoms with Crippen molar-refractivity contribution in [2.45, 2.75) is 12.7 Å². The summed E-state index contributed by atoms with van der Waals surface area (Å²) in [6.07, 6.45) is -0.434. The Hall–Kier alpha value is -4.24. The van der Waals surface area contributed by atoms with Crippen LogP contribution in [0.3, 0.4) is 0 Å². The Morgan fingerprint density at radius 1 is 1.03 bits per heavy atom. The molecule has 3 N–H and O–H groups in total. The number of aliphatic imine (C=N–C) groups is 1. The van der Waals surface area contributed by atoms with E-state index >= 15 is 0 Å². The molecule has 0 fully saturated rings. The van der Waals surface area contributed by atoms with E-state index < -0.39 is 18.0 Å². The van der Waals surface area contributed by atoms with E-state index in [0.29, 0.717) is 17.8 Å². The normalized spacial score (nSPS) is 14.7. The van der Waals surface area contributed by atoms with Crippen LogP contribution in [0.25, 0.3) is 0 Å². The number of carboxylic acid groups (broad SMARTS) is 1. The highest BCUT2D eigenvalue weighted by Gasteiger charge is 2.27. The lowest BCUT2D eigenvalue weighted by molar-refractivity contribution is 0.0696. The van der Waals surface area contributed by atoms with Gasteiger partial charge in [0.15, 0.2) is 0 Å². The number of carbonyl (C=O) groups is 2. The zero-order valence-electron chi connectivity index (χ0n) is 19.6. The third-order valence-corrected chi connectivity index (χ3v) is 5.69. The van der Waals surface area contributed by atoms with Gasteiger partial charge in [0.2, 0.25) is 5.96 Å². The van der Waals surface area contributed by atoms with Crippen molar-refractivity contribution in [2.75, 3.05) is 31.4 Å². The molecule has 0 radical (unpaired) electrons. The van der Waals surface area contributed by atoms with Crippen molar-refractivity contribution in [1.29, 1.82) is 0 Å². The van der Waals surface area contributed by atoms with Crippen molar-refractivity contribution >= 4 is 29.2 Å². The minimum atomic E-state index is -0.991. The first-order valence-electron chi connectivity index (χ1n) is 11.0. The fourth-order valence-corrected chi connectivity index (χ4v) is 3.89. The van der Waals surface area contributed by atoms with Crippen LogP contribution in [0.5, 0.6) is 0 Å². The van der Waals surface area contributed by atoms with Crippen LogP contribution in [0.1, 0.15) is 38.0 Å². The summed E-state index contributed by atoms with van der Waals surface area (Å²) in [7, 11) is 5.71. The number of carboxylic acids is 1. The predicted molar refractivity (Wildman–Crippen MR) is 133 cm³/mol. The quantitative estimate of drug-likeness (QED) is 0.500. The summed E-state index contributed by atoms with van der Waals surface area (Å²) < 4.78 is 13.1. The molecule has 3 aromatic rings. The third-order valence-electron chi connectivity index (χ3n) is 5.69. The lowest BCUT2D eigenvalue weighted by Gasteiger charge is -2.35. The number of amides is 1. The zero-order valence-corrected chi connectivity index (χ0v) is 19.6. The van der Waals surface area contributed by atoms with Gasteiger partial charge >= 0.3 is 5.97 Å². The summed E-state index contributed by atoms with van der Waals surface area (Å²) in [5.41, 5.74) is 3.81. The Kier molecular flexibility index (Phi) is 6.79. The number of fused-ring (bicyclic) bond motifs is 1. The van der Waals surface area contributed by atoms with Gasteiger partial charge in [-0.15, -0.1) is 0 Å². The summed E-state index contributed by atoms with van der Waals surface area (Å²) in [5, 5.41) is 15.6. The molecule has 0 aromatic heterocycles. The molecule has 35 heavy (non-hydrogen) atoms. The van der Waals surface area contributed by atoms with Gasteiger partial charge in [-0.1, -0.05) is 12.1 Å². The van der Waals surface area contributed by atoms with Crippen molar-refractivity contribution in [1.82, 2.24) is 10.2 Å². The summed E-state index contributed by atoms with van der Waals surface area (Å²) in [6, 6.07) is 17.7. The van der Waals surface area contributed by atoms with Gasteiger partial charge in [0, 0.05) is 44.5 Å². The molecular weight excluding hydrogens is 449 g/mol. The van der Waals surface area contributed by atoms with E-state index in [9.17, 15) is 19.1 Å². The molecule has 0 saturated carbocycles. The Labute approximate surface area is 202 Å². The van der Waals surface area contributed by atoms with Gasteiger partial charge in [0.1, 0.15) is 12.0 Å². The highest BCUT2D eigenvalue weighted by atomic mass is 19.1. The average Bonchev–Trinajstić information content (AvgIpc) is 2.84. The monoisotopic (exact) mass is 475 g/mol. The van der Waals surface area contributed by atoms with Gasteiger partial charge in [-0.05, 0) is 60.2 Å². The maximum atomic E-state index is 13.1. The number of hydrogen-bond acceptors (Lipinski definition) is 6. The Morgan fingerprint density at radius 3 is 2.31 bits per heavy atom. The van der Waals surface area contributed by atoms with Gasteiger partial charge in [0.05, 0.1) is 11.3 Å². The van der Waals surface area contributed by atoms with Gasteiger partial charge in [0.25, 0.3) is 5.91 Å². The number of benzene rings is 3. The number of rotatable bonds is 6. The van der Waals surface area contributed by atoms with Crippen molar-refractivity contribution in [3.8, 4) is 0 Å². The van der Waals surface area contributed by atoms with Crippen molar-refractivity contribution < 1.29 is 19.1 Å². The number of anilines is 2.